The highest BCUT2D eigenvalue weighted by Crippen LogP contribution is 2.54. The lowest BCUT2D eigenvalue weighted by Gasteiger charge is -2.31. The molecule has 0 atom stereocenters. The molecule has 0 aliphatic rings. The van der Waals surface area contributed by atoms with Gasteiger partial charge in [0, 0.05) is 16.2 Å². The molecule has 0 saturated carbocycles. The fraction of sp³-hybridized carbons (Fsp3) is 0.308. The minimum Gasteiger partial charge on any atom is -0.403 e. The van der Waals surface area contributed by atoms with Gasteiger partial charge >= 0.3 is 24.4 Å². The van der Waals surface area contributed by atoms with E-state index in [4.69, 9.17) is 0 Å². The Morgan fingerprint density at radius 3 is 1.79 bits per heavy atom. The van der Waals surface area contributed by atoms with Gasteiger partial charge in [-0.2, -0.15) is 31.4 Å². The summed E-state index contributed by atoms with van der Waals surface area (Å²) in [6.07, 6.45) is -16.4. The standard InChI is InChI=1S/C13H4Br2F10N2O/c14-6-3-26-27(4-6)9-7(15)1-5(2-8(9)28-13(23,24)25)10(16,11(17,18)19)12(20,21)22/h1-4H. The summed E-state index contributed by atoms with van der Waals surface area (Å²) in [6, 6.07) is -0.278. The van der Waals surface area contributed by atoms with Crippen molar-refractivity contribution in [3.8, 4) is 11.4 Å². The number of alkyl halides is 10. The first kappa shape index (κ1) is 22.8. The lowest BCUT2D eigenvalue weighted by atomic mass is 9.93. The smallest absolute Gasteiger partial charge is 0.403 e. The van der Waals surface area contributed by atoms with Crippen molar-refractivity contribution in [2.24, 2.45) is 0 Å². The van der Waals surface area contributed by atoms with Gasteiger partial charge in [0.25, 0.3) is 0 Å². The molecule has 0 saturated heterocycles. The van der Waals surface area contributed by atoms with Crippen LogP contribution in [0.5, 0.6) is 5.75 Å². The van der Waals surface area contributed by atoms with Gasteiger partial charge in [-0.15, -0.1) is 13.2 Å². The third-order valence-corrected chi connectivity index (χ3v) is 4.23. The maximum atomic E-state index is 14.2. The van der Waals surface area contributed by atoms with Crippen molar-refractivity contribution in [1.82, 2.24) is 9.78 Å². The molecule has 2 rings (SSSR count). The number of hydrogen-bond donors (Lipinski definition) is 0. The highest BCUT2D eigenvalue weighted by Gasteiger charge is 2.73. The second-order valence-corrected chi connectivity index (χ2v) is 6.88. The Hall–Kier alpha value is -1.51. The van der Waals surface area contributed by atoms with E-state index in [-0.39, 0.29) is 16.6 Å². The van der Waals surface area contributed by atoms with E-state index in [1.807, 2.05) is 0 Å². The summed E-state index contributed by atoms with van der Waals surface area (Å²) in [5.74, 6) is -1.54. The third-order valence-electron chi connectivity index (χ3n) is 3.21. The van der Waals surface area contributed by atoms with Gasteiger partial charge in [0.2, 0.25) is 0 Å². The molecule has 1 aromatic carbocycles. The Balaban J connectivity index is 2.82. The number of rotatable bonds is 3. The van der Waals surface area contributed by atoms with Crippen LogP contribution in [-0.2, 0) is 5.67 Å². The lowest BCUT2D eigenvalue weighted by molar-refractivity contribution is -0.348. The van der Waals surface area contributed by atoms with E-state index in [0.29, 0.717) is 4.68 Å². The zero-order valence-electron chi connectivity index (χ0n) is 12.6. The van der Waals surface area contributed by atoms with Crippen LogP contribution in [0.4, 0.5) is 43.9 Å². The summed E-state index contributed by atoms with van der Waals surface area (Å²) in [7, 11) is 0. The minimum atomic E-state index is -6.52. The summed E-state index contributed by atoms with van der Waals surface area (Å²) < 4.78 is 133. The fourth-order valence-corrected chi connectivity index (χ4v) is 3.02. The summed E-state index contributed by atoms with van der Waals surface area (Å²) in [6.45, 7) is 0. The van der Waals surface area contributed by atoms with E-state index in [1.165, 1.54) is 0 Å². The molecule has 1 heterocycles. The highest BCUT2D eigenvalue weighted by atomic mass is 79.9. The van der Waals surface area contributed by atoms with E-state index in [9.17, 15) is 43.9 Å². The van der Waals surface area contributed by atoms with Crippen LogP contribution in [0.2, 0.25) is 0 Å². The van der Waals surface area contributed by atoms with Crippen molar-refractivity contribution >= 4 is 31.9 Å². The van der Waals surface area contributed by atoms with Crippen LogP contribution in [0.25, 0.3) is 5.69 Å². The maximum absolute atomic E-state index is 14.2. The maximum Gasteiger partial charge on any atom is 0.573 e. The number of ether oxygens (including phenoxy) is 1. The molecular formula is C13H4Br2F10N2O. The molecule has 0 radical (unpaired) electrons. The van der Waals surface area contributed by atoms with E-state index in [1.54, 1.807) is 0 Å². The van der Waals surface area contributed by atoms with Gasteiger partial charge in [-0.25, -0.2) is 9.07 Å². The summed E-state index contributed by atoms with van der Waals surface area (Å²) in [4.78, 5) is 0. The van der Waals surface area contributed by atoms with Gasteiger partial charge < -0.3 is 4.74 Å². The van der Waals surface area contributed by atoms with Crippen molar-refractivity contribution < 1.29 is 48.6 Å². The van der Waals surface area contributed by atoms with Crippen molar-refractivity contribution in [2.75, 3.05) is 0 Å². The van der Waals surface area contributed by atoms with Gasteiger partial charge in [-0.05, 0) is 44.0 Å². The van der Waals surface area contributed by atoms with Gasteiger partial charge in [0.15, 0.2) is 5.75 Å². The average molecular weight is 554 g/mol. The number of aromatic nitrogens is 2. The lowest BCUT2D eigenvalue weighted by Crippen LogP contribution is -2.50. The molecule has 2 aromatic rings. The molecule has 3 nitrogen and oxygen atoms in total. The van der Waals surface area contributed by atoms with Crippen LogP contribution >= 0.6 is 31.9 Å². The minimum absolute atomic E-state index is 0.0507. The Labute approximate surface area is 165 Å². The summed E-state index contributed by atoms with van der Waals surface area (Å²) in [5.41, 5.74) is -8.82. The first-order valence-electron chi connectivity index (χ1n) is 6.60. The Morgan fingerprint density at radius 2 is 1.39 bits per heavy atom. The number of nitrogens with zero attached hydrogens (tertiary/aromatic N) is 2. The van der Waals surface area contributed by atoms with Gasteiger partial charge in [-0.1, -0.05) is 0 Å². The van der Waals surface area contributed by atoms with Gasteiger partial charge in [0.1, 0.15) is 5.69 Å². The van der Waals surface area contributed by atoms with E-state index >= 15 is 0 Å². The first-order valence-corrected chi connectivity index (χ1v) is 8.18. The number of benzene rings is 1. The second-order valence-electron chi connectivity index (χ2n) is 5.11. The molecule has 0 unspecified atom stereocenters. The zero-order chi connectivity index (χ0) is 21.7. The van der Waals surface area contributed by atoms with Gasteiger partial charge in [-0.3, -0.25) is 0 Å². The molecule has 0 aliphatic heterocycles. The SMILES string of the molecule is FC(F)(F)Oc1cc(C(F)(C(F)(F)F)C(F)(F)F)cc(Br)c1-n1cc(Br)cn1. The van der Waals surface area contributed by atoms with Gasteiger partial charge in [0.05, 0.1) is 10.7 Å². The third kappa shape index (κ3) is 4.23. The number of hydrogen-bond acceptors (Lipinski definition) is 2. The first-order chi connectivity index (χ1) is 12.5. The van der Waals surface area contributed by atoms with Crippen LogP contribution in [0, 0.1) is 0 Å². The zero-order valence-corrected chi connectivity index (χ0v) is 15.8. The Morgan fingerprint density at radius 1 is 0.857 bits per heavy atom. The molecule has 0 spiro atoms. The van der Waals surface area contributed by atoms with Crippen molar-refractivity contribution in [2.45, 2.75) is 24.4 Å². The van der Waals surface area contributed by atoms with E-state index in [2.05, 4.69) is 41.7 Å². The highest BCUT2D eigenvalue weighted by molar-refractivity contribution is 9.10. The summed E-state index contributed by atoms with van der Waals surface area (Å²) in [5, 5.41) is 3.58. The van der Waals surface area contributed by atoms with Crippen LogP contribution in [0.15, 0.2) is 33.5 Å². The normalized spacial score (nSPS) is 13.7. The monoisotopic (exact) mass is 552 g/mol. The van der Waals surface area contributed by atoms with Crippen LogP contribution < -0.4 is 4.74 Å². The molecule has 1 aromatic heterocycles. The molecule has 0 fully saturated rings. The summed E-state index contributed by atoms with van der Waals surface area (Å²) >= 11 is 5.47. The molecule has 0 aliphatic carbocycles. The van der Waals surface area contributed by atoms with Crippen molar-refractivity contribution in [3.05, 3.63) is 39.0 Å². The van der Waals surface area contributed by atoms with Crippen molar-refractivity contribution in [1.29, 1.82) is 0 Å². The number of halogens is 12. The molecule has 15 heteroatoms. The molecular weight excluding hydrogens is 550 g/mol. The molecule has 28 heavy (non-hydrogen) atoms. The Bertz CT molecular complexity index is 858. The predicted octanol–water partition coefficient (Wildman–Crippen LogP) is 6.59. The van der Waals surface area contributed by atoms with Crippen LogP contribution in [-0.4, -0.2) is 28.5 Å². The molecule has 156 valence electrons. The van der Waals surface area contributed by atoms with Crippen molar-refractivity contribution in [3.63, 3.8) is 0 Å². The molecule has 0 bridgehead atoms. The van der Waals surface area contributed by atoms with E-state index in [0.717, 1.165) is 12.4 Å². The largest absolute Gasteiger partial charge is 0.573 e. The molecule has 0 N–H and O–H groups in total. The van der Waals surface area contributed by atoms with Crippen LogP contribution in [0.3, 0.4) is 0 Å². The fourth-order valence-electron chi connectivity index (χ4n) is 2.11. The average Bonchev–Trinajstić information content (AvgIpc) is 2.87. The van der Waals surface area contributed by atoms with Crippen LogP contribution in [0.1, 0.15) is 5.56 Å². The topological polar surface area (TPSA) is 27.1 Å². The molecule has 0 amide bonds. The predicted molar refractivity (Wildman–Crippen MR) is 80.5 cm³/mol. The second kappa shape index (κ2) is 7.07. The quantitative estimate of drug-likeness (QED) is 0.401. The Kier molecular flexibility index (Phi) is 5.75. The van der Waals surface area contributed by atoms with E-state index < -0.39 is 45.9 Å².